The van der Waals surface area contributed by atoms with Crippen molar-refractivity contribution in [3.63, 3.8) is 0 Å². The van der Waals surface area contributed by atoms with Crippen LogP contribution in [0.4, 0.5) is 4.39 Å². The Hall–Kier alpha value is -1.12. The smallest absolute Gasteiger partial charge is 0.212 e. The van der Waals surface area contributed by atoms with E-state index in [0.29, 0.717) is 0 Å². The van der Waals surface area contributed by atoms with E-state index in [1.165, 1.54) is 0 Å². The summed E-state index contributed by atoms with van der Waals surface area (Å²) in [6.07, 6.45) is 0.940. The summed E-state index contributed by atoms with van der Waals surface area (Å²) in [5.41, 5.74) is 0. The van der Waals surface area contributed by atoms with Crippen molar-refractivity contribution in [3.05, 3.63) is 24.3 Å². The number of pyridine rings is 1. The van der Waals surface area contributed by atoms with Gasteiger partial charge in [0.05, 0.1) is 0 Å². The van der Waals surface area contributed by atoms with Gasteiger partial charge in [-0.15, -0.1) is 0 Å². The predicted molar refractivity (Wildman–Crippen MR) is 23.6 cm³/mol. The Morgan fingerprint density at radius 1 is 1.50 bits per heavy atom. The summed E-state index contributed by atoms with van der Waals surface area (Å²) in [4.78, 5) is 3.10. The van der Waals surface area contributed by atoms with Crippen LogP contribution in [0.2, 0.25) is 0 Å². The lowest BCUT2D eigenvalue weighted by Crippen LogP contribution is -1.90. The normalized spacial score (nSPS) is 9.12. The Labute approximate surface area is 45.6 Å². The zero-order valence-electron chi connectivity index (χ0n) is 3.97. The quantitative estimate of drug-likeness (QED) is 0.452. The molecular formula is C5H3FNO-. The Bertz CT molecular complexity index is 151. The van der Waals surface area contributed by atoms with Gasteiger partial charge in [0.15, 0.2) is 0 Å². The van der Waals surface area contributed by atoms with Gasteiger partial charge in [0, 0.05) is 6.20 Å². The topological polar surface area (TPSA) is 36.0 Å². The molecule has 0 aliphatic heterocycles. The van der Waals surface area contributed by atoms with Crippen LogP contribution < -0.4 is 5.11 Å². The fourth-order valence-corrected chi connectivity index (χ4v) is 0.362. The number of halogens is 1. The molecule has 2 nitrogen and oxygen atoms in total. The maximum Gasteiger partial charge on any atom is 0.212 e. The van der Waals surface area contributed by atoms with Crippen molar-refractivity contribution < 1.29 is 9.50 Å². The fourth-order valence-electron chi connectivity index (χ4n) is 0.362. The molecule has 0 unspecified atom stereocenters. The molecule has 0 atom stereocenters. The number of aromatic nitrogens is 1. The molecule has 0 fully saturated rings. The number of nitrogens with zero attached hydrogens (tertiary/aromatic N) is 1. The molecule has 0 saturated heterocycles. The van der Waals surface area contributed by atoms with E-state index in [9.17, 15) is 9.50 Å². The Morgan fingerprint density at radius 3 is 2.62 bits per heavy atom. The van der Waals surface area contributed by atoms with Gasteiger partial charge in [-0.1, -0.05) is 11.8 Å². The zero-order valence-corrected chi connectivity index (χ0v) is 3.97. The lowest BCUT2D eigenvalue weighted by atomic mass is 10.5. The van der Waals surface area contributed by atoms with E-state index in [2.05, 4.69) is 4.98 Å². The van der Waals surface area contributed by atoms with Crippen molar-refractivity contribution in [3.8, 4) is 5.75 Å². The van der Waals surface area contributed by atoms with Gasteiger partial charge >= 0.3 is 0 Å². The molecule has 0 radical (unpaired) electrons. The van der Waals surface area contributed by atoms with E-state index in [4.69, 9.17) is 0 Å². The van der Waals surface area contributed by atoms with E-state index in [-0.39, 0.29) is 5.75 Å². The average molecular weight is 112 g/mol. The third-order valence-electron chi connectivity index (χ3n) is 0.700. The second-order valence-electron chi connectivity index (χ2n) is 1.32. The first-order valence-electron chi connectivity index (χ1n) is 2.07. The predicted octanol–water partition coefficient (Wildman–Crippen LogP) is 0.294. The minimum absolute atomic E-state index is 0.272. The van der Waals surface area contributed by atoms with Crippen LogP contribution in [0.1, 0.15) is 0 Å². The van der Waals surface area contributed by atoms with Gasteiger partial charge in [0.25, 0.3) is 0 Å². The molecule has 1 aromatic heterocycles. The number of hydrogen-bond donors (Lipinski definition) is 0. The molecule has 0 saturated carbocycles. The van der Waals surface area contributed by atoms with Crippen LogP contribution >= 0.6 is 0 Å². The summed E-state index contributed by atoms with van der Waals surface area (Å²) < 4.78 is 11.8. The zero-order chi connectivity index (χ0) is 5.98. The van der Waals surface area contributed by atoms with E-state index in [0.717, 1.165) is 18.3 Å². The Morgan fingerprint density at radius 2 is 2.25 bits per heavy atom. The lowest BCUT2D eigenvalue weighted by molar-refractivity contribution is -0.268. The first kappa shape index (κ1) is 5.03. The highest BCUT2D eigenvalue weighted by Crippen LogP contribution is 1.99. The van der Waals surface area contributed by atoms with Crippen molar-refractivity contribution in [2.24, 2.45) is 0 Å². The molecule has 0 aliphatic rings. The summed E-state index contributed by atoms with van der Waals surface area (Å²) in [5, 5.41) is 10.2. The largest absolute Gasteiger partial charge is 0.871 e. The maximum atomic E-state index is 11.8. The lowest BCUT2D eigenvalue weighted by Gasteiger charge is -1.99. The molecule has 1 rings (SSSR count). The van der Waals surface area contributed by atoms with Crippen LogP contribution in [0.3, 0.4) is 0 Å². The van der Waals surface area contributed by atoms with Gasteiger partial charge in [-0.3, -0.25) is 0 Å². The molecule has 42 valence electrons. The van der Waals surface area contributed by atoms with Crippen LogP contribution in [0.5, 0.6) is 5.75 Å². The molecule has 0 aliphatic carbocycles. The summed E-state index contributed by atoms with van der Waals surface area (Å²) >= 11 is 0. The van der Waals surface area contributed by atoms with Crippen LogP contribution in [-0.4, -0.2) is 4.98 Å². The van der Waals surface area contributed by atoms with Crippen LogP contribution in [-0.2, 0) is 0 Å². The number of hydrogen-bond acceptors (Lipinski definition) is 2. The van der Waals surface area contributed by atoms with Crippen molar-refractivity contribution in [2.45, 2.75) is 0 Å². The minimum Gasteiger partial charge on any atom is -0.871 e. The summed E-state index contributed by atoms with van der Waals surface area (Å²) in [6.45, 7) is 0. The highest BCUT2D eigenvalue weighted by Gasteiger charge is 1.81. The van der Waals surface area contributed by atoms with Gasteiger partial charge in [0.1, 0.15) is 0 Å². The van der Waals surface area contributed by atoms with E-state index in [1.807, 2.05) is 0 Å². The second kappa shape index (κ2) is 1.78. The molecule has 0 amide bonds. The Kier molecular flexibility index (Phi) is 1.12. The van der Waals surface area contributed by atoms with Crippen molar-refractivity contribution in [2.75, 3.05) is 0 Å². The van der Waals surface area contributed by atoms with Crippen molar-refractivity contribution in [1.82, 2.24) is 4.98 Å². The van der Waals surface area contributed by atoms with Gasteiger partial charge in [-0.25, -0.2) is 4.98 Å². The first-order chi connectivity index (χ1) is 3.79. The molecule has 0 N–H and O–H groups in total. The molecule has 0 aromatic carbocycles. The van der Waals surface area contributed by atoms with E-state index in [1.54, 1.807) is 0 Å². The van der Waals surface area contributed by atoms with Crippen LogP contribution in [0, 0.1) is 5.95 Å². The Balaban J connectivity index is 3.03. The average Bonchev–Trinajstić information content (AvgIpc) is 1.77. The molecule has 0 spiro atoms. The third-order valence-corrected chi connectivity index (χ3v) is 0.700. The molecule has 3 heteroatoms. The monoisotopic (exact) mass is 112 g/mol. The summed E-state index contributed by atoms with van der Waals surface area (Å²) in [6, 6.07) is 2.16. The maximum absolute atomic E-state index is 11.8. The van der Waals surface area contributed by atoms with Gasteiger partial charge < -0.3 is 5.11 Å². The minimum atomic E-state index is -0.621. The van der Waals surface area contributed by atoms with Gasteiger partial charge in [-0.05, 0) is 6.07 Å². The highest BCUT2D eigenvalue weighted by atomic mass is 19.1. The highest BCUT2D eigenvalue weighted by molar-refractivity contribution is 5.11. The van der Waals surface area contributed by atoms with Crippen LogP contribution in [0.15, 0.2) is 18.3 Å². The number of rotatable bonds is 0. The van der Waals surface area contributed by atoms with Crippen molar-refractivity contribution in [1.29, 1.82) is 0 Å². The third kappa shape index (κ3) is 0.932. The first-order valence-corrected chi connectivity index (χ1v) is 2.07. The summed E-state index contributed by atoms with van der Waals surface area (Å²) in [7, 11) is 0. The standard InChI is InChI=1S/C5H4FNO/c6-5-2-1-4(8)3-7-5/h1-3,8H/p-1. The van der Waals surface area contributed by atoms with E-state index < -0.39 is 5.95 Å². The SMILES string of the molecule is [O-]c1ccc(F)nc1. The molecular weight excluding hydrogens is 109 g/mol. The van der Waals surface area contributed by atoms with Crippen LogP contribution in [0.25, 0.3) is 0 Å². The van der Waals surface area contributed by atoms with E-state index >= 15 is 0 Å². The summed E-state index contributed by atoms with van der Waals surface area (Å²) in [5.74, 6) is -0.893. The van der Waals surface area contributed by atoms with Gasteiger partial charge in [0.2, 0.25) is 5.95 Å². The molecule has 1 aromatic rings. The second-order valence-corrected chi connectivity index (χ2v) is 1.32. The fraction of sp³-hybridized carbons (Fsp3) is 0. The van der Waals surface area contributed by atoms with Gasteiger partial charge in [-0.2, -0.15) is 4.39 Å². The molecule has 0 bridgehead atoms. The van der Waals surface area contributed by atoms with Crippen molar-refractivity contribution >= 4 is 0 Å². The molecule has 1 heterocycles. The molecule has 8 heavy (non-hydrogen) atoms.